The number of H-pyrrole nitrogens is 1. The second-order valence-electron chi connectivity index (χ2n) is 7.35. The Morgan fingerprint density at radius 2 is 1.79 bits per heavy atom. The average Bonchev–Trinajstić information content (AvgIpc) is 3.04. The van der Waals surface area contributed by atoms with E-state index in [9.17, 15) is 14.7 Å². The summed E-state index contributed by atoms with van der Waals surface area (Å²) in [7, 11) is 0. The molecular formula is C21H22N2O5. The van der Waals surface area contributed by atoms with Crippen LogP contribution in [0.5, 0.6) is 17.4 Å². The maximum absolute atomic E-state index is 12.6. The van der Waals surface area contributed by atoms with E-state index >= 15 is 0 Å². The van der Waals surface area contributed by atoms with E-state index in [-0.39, 0.29) is 29.5 Å². The van der Waals surface area contributed by atoms with E-state index in [0.717, 1.165) is 0 Å². The van der Waals surface area contributed by atoms with Crippen LogP contribution >= 0.6 is 0 Å². The van der Waals surface area contributed by atoms with Gasteiger partial charge >= 0.3 is 6.16 Å². The van der Waals surface area contributed by atoms with Crippen LogP contribution in [-0.2, 0) is 0 Å². The summed E-state index contributed by atoms with van der Waals surface area (Å²) in [6.45, 7) is 6.04. The summed E-state index contributed by atoms with van der Waals surface area (Å²) in [5.74, 6) is 0.213. The number of hydrogen-bond acceptors (Lipinski definition) is 6. The van der Waals surface area contributed by atoms with E-state index in [2.05, 4.69) is 10.3 Å². The number of para-hydroxylation sites is 1. The summed E-state index contributed by atoms with van der Waals surface area (Å²) in [6, 6.07) is 13.0. The van der Waals surface area contributed by atoms with Crippen LogP contribution in [0.2, 0.25) is 0 Å². The Morgan fingerprint density at radius 3 is 2.46 bits per heavy atom. The minimum Gasteiger partial charge on any atom is -0.506 e. The molecule has 0 saturated heterocycles. The molecule has 7 heteroatoms. The third-order valence-corrected chi connectivity index (χ3v) is 3.96. The number of benzene rings is 2. The number of carbonyl (C=O) groups is 2. The Balaban J connectivity index is 1.81. The summed E-state index contributed by atoms with van der Waals surface area (Å²) in [5.41, 5.74) is 0.510. The van der Waals surface area contributed by atoms with Gasteiger partial charge in [0.05, 0.1) is 12.1 Å². The molecule has 0 fully saturated rings. The Labute approximate surface area is 162 Å². The molecule has 3 aromatic rings. The van der Waals surface area contributed by atoms with Crippen LogP contribution in [0.25, 0.3) is 10.9 Å². The van der Waals surface area contributed by atoms with Crippen molar-refractivity contribution in [3.63, 3.8) is 0 Å². The predicted octanol–water partition coefficient (Wildman–Crippen LogP) is 4.02. The molecule has 0 bridgehead atoms. The third-order valence-electron chi connectivity index (χ3n) is 3.96. The lowest BCUT2D eigenvalue weighted by Gasteiger charge is -2.19. The van der Waals surface area contributed by atoms with Crippen LogP contribution < -0.4 is 14.8 Å². The van der Waals surface area contributed by atoms with Gasteiger partial charge in [-0.15, -0.1) is 0 Å². The molecule has 0 saturated carbocycles. The number of carbonyl (C=O) groups excluding carboxylic acids is 2. The second-order valence-corrected chi connectivity index (χ2v) is 7.35. The number of phenols is 1. The normalized spacial score (nSPS) is 11.4. The van der Waals surface area contributed by atoms with Gasteiger partial charge in [0.25, 0.3) is 0 Å². The van der Waals surface area contributed by atoms with Gasteiger partial charge in [-0.1, -0.05) is 18.2 Å². The third kappa shape index (κ3) is 4.69. The number of ketones is 1. The van der Waals surface area contributed by atoms with Crippen molar-refractivity contribution in [1.29, 1.82) is 0 Å². The number of Topliss-reactive ketones (excluding diaryl/α,β-unsaturated/α-hetero) is 1. The number of ether oxygens (including phenoxy) is 2. The Kier molecular flexibility index (Phi) is 5.37. The molecule has 1 aromatic heterocycles. The first kappa shape index (κ1) is 19.4. The largest absolute Gasteiger partial charge is 0.520 e. The van der Waals surface area contributed by atoms with Gasteiger partial charge in [-0.25, -0.2) is 4.79 Å². The van der Waals surface area contributed by atoms with Crippen molar-refractivity contribution in [1.82, 2.24) is 10.3 Å². The van der Waals surface area contributed by atoms with Crippen molar-refractivity contribution in [3.05, 3.63) is 54.1 Å². The first-order valence-electron chi connectivity index (χ1n) is 8.80. The lowest BCUT2D eigenvalue weighted by molar-refractivity contribution is 0.0983. The number of phenolic OH excluding ortho intramolecular Hbond substituents is 1. The number of hydrogen-bond donors (Lipinski definition) is 3. The smallest absolute Gasteiger partial charge is 0.506 e. The van der Waals surface area contributed by atoms with Crippen molar-refractivity contribution < 1.29 is 24.2 Å². The van der Waals surface area contributed by atoms with E-state index in [4.69, 9.17) is 9.47 Å². The second kappa shape index (κ2) is 7.74. The molecule has 1 heterocycles. The zero-order valence-corrected chi connectivity index (χ0v) is 15.9. The van der Waals surface area contributed by atoms with Gasteiger partial charge in [-0.05, 0) is 45.0 Å². The quantitative estimate of drug-likeness (QED) is 0.350. The summed E-state index contributed by atoms with van der Waals surface area (Å²) < 4.78 is 10.2. The molecule has 3 rings (SSSR count). The van der Waals surface area contributed by atoms with Gasteiger partial charge in [0.2, 0.25) is 5.88 Å². The van der Waals surface area contributed by atoms with Crippen molar-refractivity contribution in [2.75, 3.05) is 6.54 Å². The summed E-state index contributed by atoms with van der Waals surface area (Å²) >= 11 is 0. The monoisotopic (exact) mass is 382 g/mol. The van der Waals surface area contributed by atoms with Crippen LogP contribution in [0.4, 0.5) is 4.79 Å². The van der Waals surface area contributed by atoms with Crippen LogP contribution in [0.15, 0.2) is 48.5 Å². The minimum atomic E-state index is -0.931. The fraction of sp³-hybridized carbons (Fsp3) is 0.238. The van der Waals surface area contributed by atoms with Gasteiger partial charge in [-0.3, -0.25) is 4.79 Å². The molecule has 0 amide bonds. The van der Waals surface area contributed by atoms with Gasteiger partial charge in [0, 0.05) is 22.6 Å². The van der Waals surface area contributed by atoms with Crippen molar-refractivity contribution in [2.24, 2.45) is 0 Å². The Bertz CT molecular complexity index is 1000. The highest BCUT2D eigenvalue weighted by atomic mass is 16.7. The summed E-state index contributed by atoms with van der Waals surface area (Å²) in [5, 5.41) is 13.7. The number of aromatic hydroxyl groups is 1. The molecule has 2 aromatic carbocycles. The molecule has 146 valence electrons. The van der Waals surface area contributed by atoms with Crippen molar-refractivity contribution >= 4 is 22.8 Å². The zero-order valence-electron chi connectivity index (χ0n) is 15.9. The van der Waals surface area contributed by atoms with Gasteiger partial charge < -0.3 is 24.9 Å². The molecule has 0 unspecified atom stereocenters. The highest BCUT2D eigenvalue weighted by Crippen LogP contribution is 2.31. The van der Waals surface area contributed by atoms with Crippen molar-refractivity contribution in [3.8, 4) is 17.4 Å². The Hall–Kier alpha value is -3.32. The Morgan fingerprint density at radius 1 is 1.07 bits per heavy atom. The van der Waals surface area contributed by atoms with Crippen LogP contribution in [0, 0.1) is 0 Å². The molecule has 0 radical (unpaired) electrons. The van der Waals surface area contributed by atoms with E-state index in [0.29, 0.717) is 22.2 Å². The number of nitrogens with one attached hydrogen (secondary N) is 2. The molecule has 3 N–H and O–H groups in total. The lowest BCUT2D eigenvalue weighted by Crippen LogP contribution is -2.39. The van der Waals surface area contributed by atoms with Crippen LogP contribution in [0.1, 0.15) is 31.1 Å². The van der Waals surface area contributed by atoms with E-state index in [1.807, 2.05) is 20.8 Å². The number of aromatic nitrogens is 1. The minimum absolute atomic E-state index is 0.0541. The first-order chi connectivity index (χ1) is 13.2. The molecule has 0 spiro atoms. The van der Waals surface area contributed by atoms with E-state index < -0.39 is 6.16 Å². The van der Waals surface area contributed by atoms with Gasteiger partial charge in [0.15, 0.2) is 5.78 Å². The lowest BCUT2D eigenvalue weighted by atomic mass is 10.0. The number of fused-ring (bicyclic) bond motifs is 1. The molecule has 28 heavy (non-hydrogen) atoms. The molecule has 0 atom stereocenters. The summed E-state index contributed by atoms with van der Waals surface area (Å²) in [6.07, 6.45) is -0.931. The van der Waals surface area contributed by atoms with E-state index in [1.54, 1.807) is 36.4 Å². The predicted molar refractivity (Wildman–Crippen MR) is 105 cm³/mol. The molecule has 7 nitrogen and oxygen atoms in total. The summed E-state index contributed by atoms with van der Waals surface area (Å²) in [4.78, 5) is 27.4. The SMILES string of the molecule is CC(C)(C)NCC(=O)c1ccc(O)c2[nH]c(OC(=O)Oc3ccccc3)cc12. The zero-order chi connectivity index (χ0) is 20.3. The maximum atomic E-state index is 12.6. The highest BCUT2D eigenvalue weighted by molar-refractivity contribution is 6.10. The maximum Gasteiger partial charge on any atom is 0.520 e. The first-order valence-corrected chi connectivity index (χ1v) is 8.80. The van der Waals surface area contributed by atoms with Crippen LogP contribution in [0.3, 0.4) is 0 Å². The van der Waals surface area contributed by atoms with Gasteiger partial charge in [0.1, 0.15) is 11.5 Å². The molecular weight excluding hydrogens is 360 g/mol. The molecule has 0 aliphatic carbocycles. The molecule has 0 aliphatic heterocycles. The fourth-order valence-corrected chi connectivity index (χ4v) is 2.61. The molecule has 0 aliphatic rings. The number of aromatic amines is 1. The van der Waals surface area contributed by atoms with Crippen LogP contribution in [-0.4, -0.2) is 34.1 Å². The van der Waals surface area contributed by atoms with Gasteiger partial charge in [-0.2, -0.15) is 0 Å². The topological polar surface area (TPSA) is 101 Å². The number of rotatable bonds is 5. The standard InChI is InChI=1S/C21H22N2O5/c1-21(2,3)22-12-17(25)14-9-10-16(24)19-15(14)11-18(23-19)28-20(26)27-13-7-5-4-6-8-13/h4-11,22-24H,12H2,1-3H3. The van der Waals surface area contributed by atoms with Crippen molar-refractivity contribution in [2.45, 2.75) is 26.3 Å². The fourth-order valence-electron chi connectivity index (χ4n) is 2.61. The van der Waals surface area contributed by atoms with E-state index in [1.165, 1.54) is 12.1 Å². The average molecular weight is 382 g/mol. The highest BCUT2D eigenvalue weighted by Gasteiger charge is 2.19.